The van der Waals surface area contributed by atoms with Gasteiger partial charge in [-0.2, -0.15) is 4.39 Å². The number of aryl methyl sites for hydroxylation is 1. The van der Waals surface area contributed by atoms with E-state index in [4.69, 9.17) is 0 Å². The van der Waals surface area contributed by atoms with Gasteiger partial charge in [0.2, 0.25) is 5.95 Å². The average Bonchev–Trinajstić information content (AvgIpc) is 1.95. The highest BCUT2D eigenvalue weighted by Gasteiger charge is 1.97. The van der Waals surface area contributed by atoms with Gasteiger partial charge < -0.3 is 0 Å². The number of pyridine rings is 1. The quantitative estimate of drug-likeness (QED) is 0.505. The van der Waals surface area contributed by atoms with Crippen LogP contribution < -0.4 is 0 Å². The Labute approximate surface area is 67.4 Å². The molecule has 0 spiro atoms. The minimum Gasteiger partial charge on any atom is -0.228 e. The first-order valence-corrected chi connectivity index (χ1v) is 4.03. The van der Waals surface area contributed by atoms with E-state index >= 15 is 0 Å². The van der Waals surface area contributed by atoms with Crippen molar-refractivity contribution in [2.24, 2.45) is 0 Å². The maximum atomic E-state index is 12.5. The Hall–Kier alpha value is -0.440. The minimum absolute atomic E-state index is 0.385. The monoisotopic (exact) mass is 203 g/mol. The molecule has 0 radical (unpaired) electrons. The molecule has 0 aliphatic rings. The molecule has 0 atom stereocenters. The van der Waals surface area contributed by atoms with E-state index in [0.29, 0.717) is 5.56 Å². The first kappa shape index (κ1) is 7.66. The highest BCUT2D eigenvalue weighted by molar-refractivity contribution is 9.08. The van der Waals surface area contributed by atoms with Gasteiger partial charge >= 0.3 is 0 Å². The zero-order valence-corrected chi connectivity index (χ0v) is 7.15. The maximum absolute atomic E-state index is 12.5. The highest BCUT2D eigenvalue weighted by Crippen LogP contribution is 2.08. The van der Waals surface area contributed by atoms with Crippen LogP contribution in [0.25, 0.3) is 0 Å². The summed E-state index contributed by atoms with van der Waals surface area (Å²) in [5.74, 6) is -0.385. The molecule has 0 saturated carbocycles. The van der Waals surface area contributed by atoms with Crippen LogP contribution >= 0.6 is 15.9 Å². The smallest absolute Gasteiger partial charge is 0.215 e. The van der Waals surface area contributed by atoms with Crippen LogP contribution in [0.15, 0.2) is 12.3 Å². The molecule has 10 heavy (non-hydrogen) atoms. The Kier molecular flexibility index (Phi) is 2.38. The van der Waals surface area contributed by atoms with Crippen molar-refractivity contribution in [3.8, 4) is 0 Å². The van der Waals surface area contributed by atoms with Crippen LogP contribution in [0.2, 0.25) is 0 Å². The van der Waals surface area contributed by atoms with Crippen molar-refractivity contribution < 1.29 is 4.39 Å². The minimum atomic E-state index is -0.385. The molecule has 0 fully saturated rings. The second-order valence-electron chi connectivity index (χ2n) is 2.08. The SMILES string of the molecule is Cc1cc(CBr)cnc1F. The van der Waals surface area contributed by atoms with Crippen molar-refractivity contribution >= 4 is 15.9 Å². The summed E-state index contributed by atoms with van der Waals surface area (Å²) in [6.07, 6.45) is 1.52. The van der Waals surface area contributed by atoms with Crippen molar-refractivity contribution in [2.45, 2.75) is 12.3 Å². The van der Waals surface area contributed by atoms with E-state index in [-0.39, 0.29) is 5.95 Å². The van der Waals surface area contributed by atoms with Gasteiger partial charge in [-0.3, -0.25) is 0 Å². The zero-order valence-electron chi connectivity index (χ0n) is 5.56. The Morgan fingerprint density at radius 2 is 2.40 bits per heavy atom. The molecule has 0 aliphatic heterocycles. The van der Waals surface area contributed by atoms with Crippen LogP contribution in [0.1, 0.15) is 11.1 Å². The Bertz CT molecular complexity index is 237. The number of hydrogen-bond acceptors (Lipinski definition) is 1. The molecule has 1 aromatic rings. The predicted molar refractivity (Wildman–Crippen MR) is 41.6 cm³/mol. The lowest BCUT2D eigenvalue weighted by Gasteiger charge is -1.96. The molecular formula is C7H7BrFN. The lowest BCUT2D eigenvalue weighted by molar-refractivity contribution is 0.573. The van der Waals surface area contributed by atoms with Gasteiger partial charge in [0.15, 0.2) is 0 Å². The molecule has 0 bridgehead atoms. The Morgan fingerprint density at radius 3 is 2.90 bits per heavy atom. The molecule has 1 rings (SSSR count). The molecule has 1 aromatic heterocycles. The van der Waals surface area contributed by atoms with E-state index in [0.717, 1.165) is 10.9 Å². The number of nitrogens with zero attached hydrogens (tertiary/aromatic N) is 1. The van der Waals surface area contributed by atoms with Crippen LogP contribution in [-0.4, -0.2) is 4.98 Å². The fraction of sp³-hybridized carbons (Fsp3) is 0.286. The van der Waals surface area contributed by atoms with Crippen molar-refractivity contribution in [3.63, 3.8) is 0 Å². The van der Waals surface area contributed by atoms with Crippen molar-refractivity contribution in [2.75, 3.05) is 0 Å². The molecule has 0 aliphatic carbocycles. The normalized spacial score (nSPS) is 9.90. The fourth-order valence-electron chi connectivity index (χ4n) is 0.689. The fourth-order valence-corrected chi connectivity index (χ4v) is 0.996. The first-order chi connectivity index (χ1) is 4.74. The van der Waals surface area contributed by atoms with Crippen LogP contribution in [0.5, 0.6) is 0 Å². The van der Waals surface area contributed by atoms with Crippen molar-refractivity contribution in [3.05, 3.63) is 29.3 Å². The molecule has 0 amide bonds. The summed E-state index contributed by atoms with van der Waals surface area (Å²) in [6, 6.07) is 1.77. The first-order valence-electron chi connectivity index (χ1n) is 2.91. The van der Waals surface area contributed by atoms with Gasteiger partial charge in [0, 0.05) is 17.1 Å². The van der Waals surface area contributed by atoms with Gasteiger partial charge in [-0.15, -0.1) is 0 Å². The third-order valence-electron chi connectivity index (χ3n) is 1.23. The highest BCUT2D eigenvalue weighted by atomic mass is 79.9. The number of hydrogen-bond donors (Lipinski definition) is 0. The Morgan fingerprint density at radius 1 is 1.70 bits per heavy atom. The van der Waals surface area contributed by atoms with E-state index in [9.17, 15) is 4.39 Å². The topological polar surface area (TPSA) is 12.9 Å². The van der Waals surface area contributed by atoms with Crippen LogP contribution in [0, 0.1) is 12.9 Å². The van der Waals surface area contributed by atoms with Crippen LogP contribution in [-0.2, 0) is 5.33 Å². The van der Waals surface area contributed by atoms with Gasteiger partial charge in [-0.05, 0) is 18.6 Å². The Balaban J connectivity index is 3.04. The molecule has 1 nitrogen and oxygen atoms in total. The van der Waals surface area contributed by atoms with Gasteiger partial charge in [0.25, 0.3) is 0 Å². The third kappa shape index (κ3) is 1.53. The molecule has 1 heterocycles. The summed E-state index contributed by atoms with van der Waals surface area (Å²) >= 11 is 3.25. The van der Waals surface area contributed by atoms with Gasteiger partial charge in [-0.1, -0.05) is 15.9 Å². The largest absolute Gasteiger partial charge is 0.228 e. The van der Waals surface area contributed by atoms with E-state index in [1.807, 2.05) is 0 Å². The summed E-state index contributed by atoms with van der Waals surface area (Å²) in [7, 11) is 0. The van der Waals surface area contributed by atoms with E-state index in [2.05, 4.69) is 20.9 Å². The molecule has 0 saturated heterocycles. The number of rotatable bonds is 1. The number of aromatic nitrogens is 1. The lowest BCUT2D eigenvalue weighted by Crippen LogP contribution is -1.89. The maximum Gasteiger partial charge on any atom is 0.215 e. The molecule has 54 valence electrons. The number of alkyl halides is 1. The molecule has 3 heteroatoms. The summed E-state index contributed by atoms with van der Waals surface area (Å²) in [4.78, 5) is 3.55. The summed E-state index contributed by atoms with van der Waals surface area (Å²) in [5, 5.41) is 0.723. The predicted octanol–water partition coefficient (Wildman–Crippen LogP) is 2.42. The van der Waals surface area contributed by atoms with E-state index < -0.39 is 0 Å². The standard InChI is InChI=1S/C7H7BrFN/c1-5-2-6(3-8)4-10-7(5)9/h2,4H,3H2,1H3. The van der Waals surface area contributed by atoms with Crippen LogP contribution in [0.3, 0.4) is 0 Å². The van der Waals surface area contributed by atoms with Gasteiger partial charge in [-0.25, -0.2) is 4.98 Å². The summed E-state index contributed by atoms with van der Waals surface area (Å²) < 4.78 is 12.5. The zero-order chi connectivity index (χ0) is 7.56. The van der Waals surface area contributed by atoms with Gasteiger partial charge in [0.1, 0.15) is 0 Å². The lowest BCUT2D eigenvalue weighted by atomic mass is 10.2. The van der Waals surface area contributed by atoms with Crippen LogP contribution in [0.4, 0.5) is 4.39 Å². The van der Waals surface area contributed by atoms with E-state index in [1.54, 1.807) is 13.0 Å². The second-order valence-corrected chi connectivity index (χ2v) is 2.65. The van der Waals surface area contributed by atoms with Crippen molar-refractivity contribution in [1.29, 1.82) is 0 Å². The second kappa shape index (κ2) is 3.10. The number of halogens is 2. The molecule has 0 unspecified atom stereocenters. The average molecular weight is 204 g/mol. The molecular weight excluding hydrogens is 197 g/mol. The summed E-state index contributed by atoms with van der Waals surface area (Å²) in [5.41, 5.74) is 1.59. The molecule has 0 N–H and O–H groups in total. The van der Waals surface area contributed by atoms with E-state index in [1.165, 1.54) is 6.20 Å². The van der Waals surface area contributed by atoms with Crippen molar-refractivity contribution in [1.82, 2.24) is 4.98 Å². The molecule has 0 aromatic carbocycles. The van der Waals surface area contributed by atoms with Gasteiger partial charge in [0.05, 0.1) is 0 Å². The summed E-state index contributed by atoms with van der Waals surface area (Å²) in [6.45, 7) is 1.70. The third-order valence-corrected chi connectivity index (χ3v) is 1.87.